The van der Waals surface area contributed by atoms with Crippen molar-refractivity contribution in [3.05, 3.63) is 80.1 Å². The summed E-state index contributed by atoms with van der Waals surface area (Å²) in [4.78, 5) is 48.9. The van der Waals surface area contributed by atoms with Crippen LogP contribution < -0.4 is 15.8 Å². The van der Waals surface area contributed by atoms with Crippen molar-refractivity contribution in [2.45, 2.75) is 45.1 Å². The number of carbonyl (C=O) groups is 2. The fourth-order valence-corrected chi connectivity index (χ4v) is 5.34. The first-order valence-electron chi connectivity index (χ1n) is 12.8. The monoisotopic (exact) mass is 568 g/mol. The van der Waals surface area contributed by atoms with Gasteiger partial charge >= 0.3 is 5.97 Å². The van der Waals surface area contributed by atoms with Crippen molar-refractivity contribution in [1.82, 2.24) is 14.0 Å². The molecule has 202 valence electrons. The number of benzene rings is 1. The molecule has 4 aromatic rings. The Balaban J connectivity index is 1.72. The van der Waals surface area contributed by atoms with Gasteiger partial charge < -0.3 is 14.0 Å². The van der Waals surface area contributed by atoms with Gasteiger partial charge in [-0.05, 0) is 56.2 Å². The van der Waals surface area contributed by atoms with Gasteiger partial charge in [0.2, 0.25) is 0 Å². The van der Waals surface area contributed by atoms with Crippen LogP contribution in [0.1, 0.15) is 55.4 Å². The third-order valence-corrected chi connectivity index (χ3v) is 7.18. The van der Waals surface area contributed by atoms with Gasteiger partial charge in [0.05, 0.1) is 17.0 Å². The second-order valence-corrected chi connectivity index (χ2v) is 10.1. The van der Waals surface area contributed by atoms with Crippen molar-refractivity contribution < 1.29 is 19.1 Å². The van der Waals surface area contributed by atoms with Gasteiger partial charge in [0, 0.05) is 17.3 Å². The molecule has 0 aliphatic heterocycles. The molecule has 9 nitrogen and oxygen atoms in total. The minimum atomic E-state index is -0.685. The first-order valence-corrected chi connectivity index (χ1v) is 13.5. The highest BCUT2D eigenvalue weighted by Gasteiger charge is 2.25. The first kappa shape index (κ1) is 26.9. The molecule has 11 heteroatoms. The molecule has 1 fully saturated rings. The van der Waals surface area contributed by atoms with Gasteiger partial charge in [-0.15, -0.1) is 0 Å². The maximum Gasteiger partial charge on any atom is 0.341 e. The Morgan fingerprint density at radius 2 is 1.90 bits per heavy atom. The molecule has 1 aliphatic carbocycles. The molecule has 3 aromatic heterocycles. The molecular formula is C28H26Cl2N4O5. The Morgan fingerprint density at radius 1 is 1.10 bits per heavy atom. The summed E-state index contributed by atoms with van der Waals surface area (Å²) < 4.78 is 14.1. The van der Waals surface area contributed by atoms with E-state index in [4.69, 9.17) is 37.7 Å². The number of halogens is 2. The molecule has 0 saturated heterocycles. The standard InChI is InChI=1S/C28H26Cl2N4O5/c1-2-38-28(37)20-15-19-25(31-23-10-6-7-13-33(23)27(19)36)34(18-8-4-3-5-9-18)26(20)32-24(35)16-39-22-12-11-17(29)14-21(22)30/h6-7,10-15,18H,2-5,8-9,16H2,1H3. The highest BCUT2D eigenvalue weighted by atomic mass is 35.5. The zero-order valence-corrected chi connectivity index (χ0v) is 22.7. The molecule has 3 heterocycles. The van der Waals surface area contributed by atoms with Crippen LogP contribution in [0.4, 0.5) is 0 Å². The van der Waals surface area contributed by atoms with Gasteiger partial charge in [0.15, 0.2) is 12.1 Å². The number of esters is 1. The molecule has 1 amide bonds. The van der Waals surface area contributed by atoms with Crippen molar-refractivity contribution in [2.75, 3.05) is 13.2 Å². The Hall–Kier alpha value is -3.69. The summed E-state index contributed by atoms with van der Waals surface area (Å²) in [5, 5.41) is 0.924. The summed E-state index contributed by atoms with van der Waals surface area (Å²) in [6.45, 7) is 1.37. The zero-order chi connectivity index (χ0) is 27.5. The Bertz CT molecular complexity index is 1710. The Morgan fingerprint density at radius 3 is 2.64 bits per heavy atom. The van der Waals surface area contributed by atoms with Gasteiger partial charge in [0.1, 0.15) is 22.6 Å². The van der Waals surface area contributed by atoms with E-state index in [2.05, 4.69) is 4.99 Å². The number of ether oxygens (including phenoxy) is 2. The summed E-state index contributed by atoms with van der Waals surface area (Å²) in [6.07, 6.45) is 6.19. The number of pyridine rings is 2. The van der Waals surface area contributed by atoms with Crippen molar-refractivity contribution in [3.8, 4) is 5.75 Å². The molecule has 1 saturated carbocycles. The van der Waals surface area contributed by atoms with Crippen molar-refractivity contribution in [2.24, 2.45) is 4.99 Å². The molecule has 0 radical (unpaired) electrons. The quantitative estimate of drug-likeness (QED) is 0.235. The van der Waals surface area contributed by atoms with E-state index in [9.17, 15) is 14.4 Å². The van der Waals surface area contributed by atoms with E-state index in [0.717, 1.165) is 32.1 Å². The normalized spacial score (nSPS) is 14.6. The summed E-state index contributed by atoms with van der Waals surface area (Å²) in [5.74, 6) is -1.06. The van der Waals surface area contributed by atoms with Crippen molar-refractivity contribution >= 4 is 51.8 Å². The van der Waals surface area contributed by atoms with E-state index in [0.29, 0.717) is 16.3 Å². The molecule has 1 aliphatic rings. The molecular weight excluding hydrogens is 543 g/mol. The van der Waals surface area contributed by atoms with Crippen LogP contribution >= 0.6 is 23.2 Å². The van der Waals surface area contributed by atoms with Gasteiger partial charge in [-0.2, -0.15) is 4.99 Å². The van der Waals surface area contributed by atoms with Crippen LogP contribution in [0.25, 0.3) is 16.7 Å². The third kappa shape index (κ3) is 5.55. The van der Waals surface area contributed by atoms with E-state index in [1.165, 1.54) is 16.5 Å². The van der Waals surface area contributed by atoms with Gasteiger partial charge in [-0.3, -0.25) is 14.0 Å². The lowest BCUT2D eigenvalue weighted by atomic mass is 9.94. The van der Waals surface area contributed by atoms with E-state index < -0.39 is 18.5 Å². The lowest BCUT2D eigenvalue weighted by molar-refractivity contribution is -0.120. The molecule has 0 N–H and O–H groups in total. The third-order valence-electron chi connectivity index (χ3n) is 6.65. The Labute approximate surface area is 233 Å². The van der Waals surface area contributed by atoms with E-state index in [1.54, 1.807) is 48.0 Å². The molecule has 0 spiro atoms. The fraction of sp³-hybridized carbons (Fsp3) is 0.321. The number of amides is 1. The van der Waals surface area contributed by atoms with Crippen LogP contribution in [0.3, 0.4) is 0 Å². The van der Waals surface area contributed by atoms with Gasteiger partial charge in [-0.1, -0.05) is 48.5 Å². The minimum absolute atomic E-state index is 0.0163. The Kier molecular flexibility index (Phi) is 7.99. The smallest absolute Gasteiger partial charge is 0.341 e. The number of hydrogen-bond acceptors (Lipinski definition) is 6. The van der Waals surface area contributed by atoms with Gasteiger partial charge in [-0.25, -0.2) is 9.78 Å². The lowest BCUT2D eigenvalue weighted by Gasteiger charge is -2.27. The van der Waals surface area contributed by atoms with Crippen LogP contribution in [0, 0.1) is 0 Å². The van der Waals surface area contributed by atoms with Crippen molar-refractivity contribution in [1.29, 1.82) is 0 Å². The number of hydrogen-bond donors (Lipinski definition) is 0. The van der Waals surface area contributed by atoms with Crippen LogP contribution in [0.2, 0.25) is 10.0 Å². The van der Waals surface area contributed by atoms with Crippen LogP contribution in [-0.4, -0.2) is 39.0 Å². The number of aromatic nitrogens is 3. The number of nitrogens with zero attached hydrogens (tertiary/aromatic N) is 4. The lowest BCUT2D eigenvalue weighted by Crippen LogP contribution is -2.36. The SMILES string of the molecule is CCOC(=O)c1cc2c(=O)n3ccccc3nc2n(C2CCCCC2)c1=NC(=O)COc1ccc(Cl)cc1Cl. The van der Waals surface area contributed by atoms with E-state index >= 15 is 0 Å². The second kappa shape index (κ2) is 11.6. The predicted molar refractivity (Wildman–Crippen MR) is 148 cm³/mol. The molecule has 0 unspecified atom stereocenters. The van der Waals surface area contributed by atoms with Crippen molar-refractivity contribution in [3.63, 3.8) is 0 Å². The van der Waals surface area contributed by atoms with E-state index in [1.807, 2.05) is 0 Å². The predicted octanol–water partition coefficient (Wildman–Crippen LogP) is 5.14. The van der Waals surface area contributed by atoms with Gasteiger partial charge in [0.25, 0.3) is 11.5 Å². The van der Waals surface area contributed by atoms with E-state index in [-0.39, 0.29) is 45.4 Å². The molecule has 0 bridgehead atoms. The second-order valence-electron chi connectivity index (χ2n) is 9.22. The zero-order valence-electron chi connectivity index (χ0n) is 21.2. The molecule has 5 rings (SSSR count). The summed E-state index contributed by atoms with van der Waals surface area (Å²) in [7, 11) is 0. The first-order chi connectivity index (χ1) is 18.9. The highest BCUT2D eigenvalue weighted by molar-refractivity contribution is 6.35. The largest absolute Gasteiger partial charge is 0.482 e. The van der Waals surface area contributed by atoms with Crippen LogP contribution in [0.5, 0.6) is 5.75 Å². The summed E-state index contributed by atoms with van der Waals surface area (Å²) in [5.41, 5.74) is 0.587. The maximum atomic E-state index is 13.5. The highest BCUT2D eigenvalue weighted by Crippen LogP contribution is 2.30. The van der Waals surface area contributed by atoms with Crippen LogP contribution in [-0.2, 0) is 9.53 Å². The summed E-state index contributed by atoms with van der Waals surface area (Å²) in [6, 6.07) is 11.2. The average molecular weight is 569 g/mol. The number of rotatable bonds is 6. The number of carbonyl (C=O) groups excluding carboxylic acids is 2. The maximum absolute atomic E-state index is 13.5. The summed E-state index contributed by atoms with van der Waals surface area (Å²) >= 11 is 12.1. The average Bonchev–Trinajstić information content (AvgIpc) is 2.93. The molecule has 0 atom stereocenters. The number of fused-ring (bicyclic) bond motifs is 2. The minimum Gasteiger partial charge on any atom is -0.482 e. The molecule has 1 aromatic carbocycles. The molecule has 39 heavy (non-hydrogen) atoms. The van der Waals surface area contributed by atoms with Crippen LogP contribution in [0.15, 0.2) is 58.4 Å². The fourth-order valence-electron chi connectivity index (χ4n) is 4.88. The topological polar surface area (TPSA) is 104 Å².